The summed E-state index contributed by atoms with van der Waals surface area (Å²) in [5.74, 6) is -1.86. The number of hydrogen-bond donors (Lipinski definition) is 1. The van der Waals surface area contributed by atoms with Gasteiger partial charge in [0.25, 0.3) is 5.91 Å². The molecule has 1 amide bonds. The van der Waals surface area contributed by atoms with Crippen LogP contribution < -0.4 is 0 Å². The van der Waals surface area contributed by atoms with Gasteiger partial charge in [-0.2, -0.15) is 5.10 Å². The van der Waals surface area contributed by atoms with Crippen molar-refractivity contribution in [1.29, 1.82) is 0 Å². The summed E-state index contributed by atoms with van der Waals surface area (Å²) in [7, 11) is 3.26. The molecular weight excluding hydrogens is 422 g/mol. The quantitative estimate of drug-likeness (QED) is 0.593. The molecule has 0 unspecified atom stereocenters. The summed E-state index contributed by atoms with van der Waals surface area (Å²) in [5.41, 5.74) is -0.972. The molecule has 0 fully saturated rings. The van der Waals surface area contributed by atoms with Crippen molar-refractivity contribution in [2.24, 2.45) is 0 Å². The number of halogens is 2. The normalized spacial score (nSPS) is 16.9. The number of benzene rings is 1. The Balaban J connectivity index is 1.70. The molecule has 2 atom stereocenters. The second kappa shape index (κ2) is 8.36. The Morgan fingerprint density at radius 2 is 2.09 bits per heavy atom. The molecule has 170 valence electrons. The van der Waals surface area contributed by atoms with Gasteiger partial charge in [-0.1, -0.05) is 11.3 Å². The van der Waals surface area contributed by atoms with E-state index < -0.39 is 23.3 Å². The first-order valence-corrected chi connectivity index (χ1v) is 10.1. The zero-order valence-corrected chi connectivity index (χ0v) is 18.0. The third-order valence-electron chi connectivity index (χ3n) is 5.90. The van der Waals surface area contributed by atoms with Gasteiger partial charge in [0.15, 0.2) is 5.69 Å². The van der Waals surface area contributed by atoms with Gasteiger partial charge in [-0.3, -0.25) is 9.69 Å². The molecule has 0 aliphatic carbocycles. The lowest BCUT2D eigenvalue weighted by molar-refractivity contribution is -0.0711. The standard InChI is InChI=1S/C20H24F2N8O2/c1-13(28-6-7-30-17(9-28)18(25-26-30)19(31)27(2)3)20(32,10-29-12-23-11-24-29)15-5-4-14(21)8-16(15)22/h4-5,8,11-13,32H,6-7,9-10H2,1-3H3/t13-,20-/m1/s1. The van der Waals surface area contributed by atoms with Gasteiger partial charge in [-0.05, 0) is 13.0 Å². The topological polar surface area (TPSA) is 105 Å². The maximum Gasteiger partial charge on any atom is 0.275 e. The number of nitrogens with zero attached hydrogens (tertiary/aromatic N) is 8. The van der Waals surface area contributed by atoms with E-state index in [0.717, 1.165) is 12.1 Å². The number of hydrogen-bond acceptors (Lipinski definition) is 7. The van der Waals surface area contributed by atoms with E-state index in [2.05, 4.69) is 20.4 Å². The second-order valence-corrected chi connectivity index (χ2v) is 8.10. The molecule has 0 spiro atoms. The van der Waals surface area contributed by atoms with E-state index >= 15 is 0 Å². The molecule has 3 aromatic rings. The molecule has 0 radical (unpaired) electrons. The number of aliphatic hydroxyl groups is 1. The molecule has 0 saturated carbocycles. The monoisotopic (exact) mass is 446 g/mol. The number of amides is 1. The predicted octanol–water partition coefficient (Wildman–Crippen LogP) is 0.642. The van der Waals surface area contributed by atoms with E-state index in [9.17, 15) is 18.7 Å². The van der Waals surface area contributed by atoms with Crippen LogP contribution in [0, 0.1) is 11.6 Å². The summed E-state index contributed by atoms with van der Waals surface area (Å²) < 4.78 is 31.4. The largest absolute Gasteiger partial charge is 0.381 e. The molecular formula is C20H24F2N8O2. The first-order chi connectivity index (χ1) is 15.2. The van der Waals surface area contributed by atoms with Gasteiger partial charge < -0.3 is 10.0 Å². The van der Waals surface area contributed by atoms with Crippen molar-refractivity contribution < 1.29 is 18.7 Å². The third-order valence-corrected chi connectivity index (χ3v) is 5.90. The SMILES string of the molecule is C[C@@H](N1CCn2nnc(C(=O)N(C)C)c2C1)[C@](O)(Cn1cncn1)c1ccc(F)cc1F. The van der Waals surface area contributed by atoms with Crippen molar-refractivity contribution in [3.8, 4) is 0 Å². The Labute approximate surface area is 183 Å². The fourth-order valence-corrected chi connectivity index (χ4v) is 4.02. The highest BCUT2D eigenvalue weighted by Crippen LogP contribution is 2.34. The minimum Gasteiger partial charge on any atom is -0.381 e. The van der Waals surface area contributed by atoms with Crippen LogP contribution in [0.4, 0.5) is 8.78 Å². The first-order valence-electron chi connectivity index (χ1n) is 10.1. The van der Waals surface area contributed by atoms with Crippen molar-refractivity contribution in [3.05, 3.63) is 59.4 Å². The Morgan fingerprint density at radius 1 is 1.31 bits per heavy atom. The lowest BCUT2D eigenvalue weighted by Crippen LogP contribution is -2.54. The Hall–Kier alpha value is -3.25. The number of rotatable bonds is 6. The van der Waals surface area contributed by atoms with Crippen molar-refractivity contribution in [1.82, 2.24) is 39.6 Å². The van der Waals surface area contributed by atoms with Crippen molar-refractivity contribution >= 4 is 5.91 Å². The summed E-state index contributed by atoms with van der Waals surface area (Å²) in [6, 6.07) is 2.46. The van der Waals surface area contributed by atoms with Crippen molar-refractivity contribution in [2.45, 2.75) is 38.2 Å². The molecule has 32 heavy (non-hydrogen) atoms. The average molecular weight is 446 g/mol. The molecule has 10 nitrogen and oxygen atoms in total. The van der Waals surface area contributed by atoms with Crippen LogP contribution in [-0.2, 0) is 25.2 Å². The molecule has 1 N–H and O–H groups in total. The number of carbonyl (C=O) groups is 1. The van der Waals surface area contributed by atoms with Crippen LogP contribution in [0.3, 0.4) is 0 Å². The minimum absolute atomic E-state index is 0.0521. The van der Waals surface area contributed by atoms with E-state index in [0.29, 0.717) is 18.8 Å². The fraction of sp³-hybridized carbons (Fsp3) is 0.450. The van der Waals surface area contributed by atoms with Gasteiger partial charge in [0.2, 0.25) is 0 Å². The molecule has 0 bridgehead atoms. The van der Waals surface area contributed by atoms with E-state index in [1.807, 2.05) is 4.90 Å². The summed E-state index contributed by atoms with van der Waals surface area (Å²) >= 11 is 0. The fourth-order valence-electron chi connectivity index (χ4n) is 4.02. The van der Waals surface area contributed by atoms with E-state index in [-0.39, 0.29) is 30.3 Å². The molecule has 3 heterocycles. The van der Waals surface area contributed by atoms with Crippen molar-refractivity contribution in [3.63, 3.8) is 0 Å². The van der Waals surface area contributed by atoms with Crippen LogP contribution in [0.2, 0.25) is 0 Å². The highest BCUT2D eigenvalue weighted by molar-refractivity contribution is 5.92. The highest BCUT2D eigenvalue weighted by Gasteiger charge is 2.43. The Morgan fingerprint density at radius 3 is 2.75 bits per heavy atom. The smallest absolute Gasteiger partial charge is 0.275 e. The number of fused-ring (bicyclic) bond motifs is 1. The van der Waals surface area contributed by atoms with Crippen LogP contribution in [0.15, 0.2) is 30.9 Å². The minimum atomic E-state index is -1.77. The summed E-state index contributed by atoms with van der Waals surface area (Å²) in [5, 5.41) is 23.9. The van der Waals surface area contributed by atoms with Gasteiger partial charge in [0.05, 0.1) is 18.8 Å². The Kier molecular flexibility index (Phi) is 5.73. The first kappa shape index (κ1) is 22.0. The lowest BCUT2D eigenvalue weighted by Gasteiger charge is -2.42. The third kappa shape index (κ3) is 3.86. The summed E-state index contributed by atoms with van der Waals surface area (Å²) in [6.45, 7) is 2.85. The number of carbonyl (C=O) groups excluding carboxylic acids is 1. The lowest BCUT2D eigenvalue weighted by atomic mass is 9.85. The van der Waals surface area contributed by atoms with Crippen LogP contribution >= 0.6 is 0 Å². The van der Waals surface area contributed by atoms with Crippen LogP contribution in [0.5, 0.6) is 0 Å². The van der Waals surface area contributed by atoms with Crippen LogP contribution in [0.1, 0.15) is 28.7 Å². The maximum atomic E-state index is 14.8. The van der Waals surface area contributed by atoms with Gasteiger partial charge in [-0.15, -0.1) is 5.10 Å². The maximum absolute atomic E-state index is 14.8. The summed E-state index contributed by atoms with van der Waals surface area (Å²) in [4.78, 5) is 19.7. The summed E-state index contributed by atoms with van der Waals surface area (Å²) in [6.07, 6.45) is 2.73. The van der Waals surface area contributed by atoms with Crippen molar-refractivity contribution in [2.75, 3.05) is 20.6 Å². The molecule has 12 heteroatoms. The van der Waals surface area contributed by atoms with Gasteiger partial charge >= 0.3 is 0 Å². The zero-order valence-electron chi connectivity index (χ0n) is 18.0. The predicted molar refractivity (Wildman–Crippen MR) is 108 cm³/mol. The number of aromatic nitrogens is 6. The Bertz CT molecular complexity index is 1120. The molecule has 4 rings (SSSR count). The molecule has 1 aliphatic heterocycles. The second-order valence-electron chi connectivity index (χ2n) is 8.10. The van der Waals surface area contributed by atoms with Gasteiger partial charge in [0, 0.05) is 44.9 Å². The van der Waals surface area contributed by atoms with Gasteiger partial charge in [-0.25, -0.2) is 23.1 Å². The highest BCUT2D eigenvalue weighted by atomic mass is 19.1. The average Bonchev–Trinajstić information content (AvgIpc) is 3.41. The van der Waals surface area contributed by atoms with Gasteiger partial charge in [0.1, 0.15) is 29.9 Å². The van der Waals surface area contributed by atoms with E-state index in [4.69, 9.17) is 0 Å². The van der Waals surface area contributed by atoms with Crippen LogP contribution in [-0.4, -0.2) is 77.3 Å². The van der Waals surface area contributed by atoms with E-state index in [1.54, 1.807) is 25.7 Å². The van der Waals surface area contributed by atoms with Crippen LogP contribution in [0.25, 0.3) is 0 Å². The molecule has 0 saturated heterocycles. The molecule has 1 aliphatic rings. The molecule has 1 aromatic carbocycles. The molecule has 2 aromatic heterocycles. The zero-order chi connectivity index (χ0) is 23.0. The van der Waals surface area contributed by atoms with E-state index in [1.165, 1.54) is 28.3 Å².